The van der Waals surface area contributed by atoms with E-state index in [0.29, 0.717) is 5.89 Å². The molecule has 0 amide bonds. The van der Waals surface area contributed by atoms with Gasteiger partial charge in [0, 0.05) is 62.0 Å². The highest BCUT2D eigenvalue weighted by Gasteiger charge is 2.21. The van der Waals surface area contributed by atoms with Gasteiger partial charge in [0.2, 0.25) is 5.89 Å². The largest absolute Gasteiger partial charge is 0.435 e. The van der Waals surface area contributed by atoms with Crippen LogP contribution in [0.1, 0.15) is 0 Å². The highest BCUT2D eigenvalue weighted by molar-refractivity contribution is 6.18. The molecule has 5 nitrogen and oxygen atoms in total. The Bertz CT molecular complexity index is 3630. The van der Waals surface area contributed by atoms with E-state index in [0.717, 1.165) is 101 Å². The maximum atomic E-state index is 6.60. The Morgan fingerprint density at radius 1 is 0.309 bits per heavy atom. The number of para-hydroxylation sites is 4. The number of fused-ring (bicyclic) bond motifs is 5. The monoisotopic (exact) mass is 872 g/mol. The number of rotatable bonds is 11. The molecule has 12 aromatic rings. The van der Waals surface area contributed by atoms with E-state index >= 15 is 0 Å². The smallest absolute Gasteiger partial charge is 0.227 e. The van der Waals surface area contributed by atoms with Gasteiger partial charge in [0.15, 0.2) is 5.58 Å². The van der Waals surface area contributed by atoms with Crippen molar-refractivity contribution >= 4 is 83.8 Å². The van der Waals surface area contributed by atoms with Gasteiger partial charge in [0.05, 0.1) is 5.69 Å². The summed E-state index contributed by atoms with van der Waals surface area (Å²) in [7, 11) is 0. The van der Waals surface area contributed by atoms with Crippen LogP contribution in [0.15, 0.2) is 271 Å². The molecule has 0 atom stereocenters. The molecule has 0 bridgehead atoms. The molecule has 1 heterocycles. The van der Waals surface area contributed by atoms with Crippen LogP contribution < -0.4 is 14.7 Å². The minimum atomic E-state index is 0.616. The Kier molecular flexibility index (Phi) is 10.5. The summed E-state index contributed by atoms with van der Waals surface area (Å²) in [5.41, 5.74) is 14.4. The predicted octanol–water partition coefficient (Wildman–Crippen LogP) is 17.9. The fourth-order valence-electron chi connectivity index (χ4n) is 9.47. The van der Waals surface area contributed by atoms with Crippen LogP contribution >= 0.6 is 0 Å². The first-order valence-electron chi connectivity index (χ1n) is 23.0. The summed E-state index contributed by atoms with van der Waals surface area (Å²) in [6.45, 7) is 0. The minimum absolute atomic E-state index is 0.616. The zero-order valence-electron chi connectivity index (χ0n) is 37.1. The van der Waals surface area contributed by atoms with Crippen LogP contribution in [0.4, 0.5) is 51.2 Å². The molecule has 0 N–H and O–H groups in total. The summed E-state index contributed by atoms with van der Waals surface area (Å²) in [5.74, 6) is 0.616. The molecule has 0 aliphatic carbocycles. The molecule has 11 aromatic carbocycles. The summed E-state index contributed by atoms with van der Waals surface area (Å²) >= 11 is 0. The number of anilines is 9. The number of nitrogens with zero attached hydrogens (tertiary/aromatic N) is 4. The summed E-state index contributed by atoms with van der Waals surface area (Å²) < 4.78 is 6.60. The molecule has 5 heteroatoms. The highest BCUT2D eigenvalue weighted by Crippen LogP contribution is 2.45. The second-order valence-electron chi connectivity index (χ2n) is 16.8. The normalized spacial score (nSPS) is 11.2. The first-order valence-corrected chi connectivity index (χ1v) is 23.0. The molecule has 0 aliphatic heterocycles. The fraction of sp³-hybridized carbons (Fsp3) is 0. The first-order chi connectivity index (χ1) is 33.7. The van der Waals surface area contributed by atoms with Crippen LogP contribution in [-0.2, 0) is 0 Å². The van der Waals surface area contributed by atoms with Crippen molar-refractivity contribution in [2.45, 2.75) is 0 Å². The van der Waals surface area contributed by atoms with Gasteiger partial charge in [-0.25, -0.2) is 4.98 Å². The molecule has 0 saturated heterocycles. The summed E-state index contributed by atoms with van der Waals surface area (Å²) in [6, 6.07) is 94.3. The van der Waals surface area contributed by atoms with Gasteiger partial charge in [-0.1, -0.05) is 152 Å². The van der Waals surface area contributed by atoms with Gasteiger partial charge in [0.25, 0.3) is 0 Å². The molecule has 68 heavy (non-hydrogen) atoms. The van der Waals surface area contributed by atoms with Gasteiger partial charge in [-0.05, 0) is 137 Å². The Hall–Kier alpha value is -9.19. The van der Waals surface area contributed by atoms with Crippen molar-refractivity contribution in [1.82, 2.24) is 4.98 Å². The average molecular weight is 873 g/mol. The summed E-state index contributed by atoms with van der Waals surface area (Å²) in [5, 5.41) is 4.36. The third kappa shape index (κ3) is 7.58. The molecule has 322 valence electrons. The predicted molar refractivity (Wildman–Crippen MR) is 284 cm³/mol. The van der Waals surface area contributed by atoms with Crippen molar-refractivity contribution < 1.29 is 4.42 Å². The molecule has 0 radical (unpaired) electrons. The van der Waals surface area contributed by atoms with Crippen molar-refractivity contribution in [3.05, 3.63) is 267 Å². The molecule has 0 spiro atoms. The van der Waals surface area contributed by atoms with E-state index in [4.69, 9.17) is 9.40 Å². The molecular formula is C63H44N4O. The van der Waals surface area contributed by atoms with Crippen molar-refractivity contribution in [2.24, 2.45) is 0 Å². The van der Waals surface area contributed by atoms with Gasteiger partial charge in [-0.2, -0.15) is 0 Å². The SMILES string of the molecule is c1ccc(-c2nc3ccc4ccc5cc(N(c6ccc(N(c7ccccc7)c7ccccc7-c7ccccc7)cc6)c6cccc(N(c7ccccc7)c7ccccc7)c6)ccc5c4c3o2)cc1. The van der Waals surface area contributed by atoms with Crippen molar-refractivity contribution in [3.63, 3.8) is 0 Å². The van der Waals surface area contributed by atoms with Crippen LogP contribution in [0.5, 0.6) is 0 Å². The third-order valence-electron chi connectivity index (χ3n) is 12.6. The van der Waals surface area contributed by atoms with Crippen LogP contribution in [0.3, 0.4) is 0 Å². The molecule has 0 fully saturated rings. The van der Waals surface area contributed by atoms with Gasteiger partial charge in [0.1, 0.15) is 5.52 Å². The van der Waals surface area contributed by atoms with Crippen LogP contribution in [0.25, 0.3) is 55.2 Å². The van der Waals surface area contributed by atoms with Crippen LogP contribution in [0.2, 0.25) is 0 Å². The lowest BCUT2D eigenvalue weighted by Gasteiger charge is -2.31. The molecule has 12 rings (SSSR count). The average Bonchev–Trinajstić information content (AvgIpc) is 3.86. The lowest BCUT2D eigenvalue weighted by molar-refractivity contribution is 0.623. The van der Waals surface area contributed by atoms with Gasteiger partial charge in [-0.3, -0.25) is 0 Å². The van der Waals surface area contributed by atoms with Crippen LogP contribution in [-0.4, -0.2) is 4.98 Å². The molecule has 0 aliphatic rings. The minimum Gasteiger partial charge on any atom is -0.435 e. The van der Waals surface area contributed by atoms with Gasteiger partial charge < -0.3 is 19.1 Å². The Morgan fingerprint density at radius 3 is 1.38 bits per heavy atom. The summed E-state index contributed by atoms with van der Waals surface area (Å²) in [4.78, 5) is 11.9. The van der Waals surface area contributed by atoms with E-state index in [1.165, 1.54) is 0 Å². The van der Waals surface area contributed by atoms with E-state index in [1.807, 2.05) is 30.3 Å². The molecule has 0 unspecified atom stereocenters. The number of benzene rings is 11. The second-order valence-corrected chi connectivity index (χ2v) is 16.8. The number of hydrogen-bond donors (Lipinski definition) is 0. The lowest BCUT2D eigenvalue weighted by Crippen LogP contribution is -2.14. The second kappa shape index (κ2) is 17.7. The first kappa shape index (κ1) is 40.3. The molecule has 0 saturated carbocycles. The fourth-order valence-corrected chi connectivity index (χ4v) is 9.47. The van der Waals surface area contributed by atoms with E-state index < -0.39 is 0 Å². The zero-order valence-corrected chi connectivity index (χ0v) is 37.1. The lowest BCUT2D eigenvalue weighted by atomic mass is 10.00. The van der Waals surface area contributed by atoms with Crippen molar-refractivity contribution in [3.8, 4) is 22.6 Å². The van der Waals surface area contributed by atoms with Gasteiger partial charge >= 0.3 is 0 Å². The van der Waals surface area contributed by atoms with E-state index in [1.54, 1.807) is 0 Å². The maximum absolute atomic E-state index is 6.60. The van der Waals surface area contributed by atoms with Gasteiger partial charge in [-0.15, -0.1) is 0 Å². The van der Waals surface area contributed by atoms with E-state index in [2.05, 4.69) is 251 Å². The van der Waals surface area contributed by atoms with E-state index in [9.17, 15) is 0 Å². The molecular weight excluding hydrogens is 829 g/mol. The zero-order chi connectivity index (χ0) is 45.2. The Balaban J connectivity index is 1.02. The number of aromatic nitrogens is 1. The number of hydrogen-bond acceptors (Lipinski definition) is 5. The number of oxazole rings is 1. The van der Waals surface area contributed by atoms with Crippen LogP contribution in [0, 0.1) is 0 Å². The topological polar surface area (TPSA) is 35.8 Å². The van der Waals surface area contributed by atoms with E-state index in [-0.39, 0.29) is 0 Å². The van der Waals surface area contributed by atoms with Crippen molar-refractivity contribution in [2.75, 3.05) is 14.7 Å². The standard InChI is InChI=1S/C63H44N4O/c1-6-19-45(20-7-1)57-31-16-17-32-60(57)67(51-27-14-5-15-28-51)53-38-36-52(37-39-53)66(55-30-18-29-54(44-55)65(49-23-10-3-11-24-49)50-25-12-4-13-26-50)56-40-41-58-48(43-56)34-33-46-35-42-59-62(61(46)58)68-63(64-59)47-21-8-2-9-22-47/h1-44H. The quantitative estimate of drug-likeness (QED) is 0.121. The third-order valence-corrected chi connectivity index (χ3v) is 12.6. The highest BCUT2D eigenvalue weighted by atomic mass is 16.3. The molecule has 1 aromatic heterocycles. The Labute approximate surface area is 395 Å². The summed E-state index contributed by atoms with van der Waals surface area (Å²) in [6.07, 6.45) is 0. The maximum Gasteiger partial charge on any atom is 0.227 e. The Morgan fingerprint density at radius 2 is 0.750 bits per heavy atom. The van der Waals surface area contributed by atoms with Crippen molar-refractivity contribution in [1.29, 1.82) is 0 Å².